The van der Waals surface area contributed by atoms with Gasteiger partial charge in [0.05, 0.1) is 13.2 Å². The van der Waals surface area contributed by atoms with Crippen molar-refractivity contribution in [1.29, 1.82) is 0 Å². The number of hydrogen-bond donors (Lipinski definition) is 0. The van der Waals surface area contributed by atoms with Crippen molar-refractivity contribution in [2.75, 3.05) is 13.2 Å². The Bertz CT molecular complexity index is 485. The van der Waals surface area contributed by atoms with Crippen molar-refractivity contribution in [3.8, 4) is 0 Å². The summed E-state index contributed by atoms with van der Waals surface area (Å²) in [5, 5.41) is 0. The van der Waals surface area contributed by atoms with Crippen LogP contribution in [-0.4, -0.2) is 37.7 Å². The minimum absolute atomic E-state index is 0.143. The molecule has 1 saturated carbocycles. The van der Waals surface area contributed by atoms with Crippen LogP contribution in [0.2, 0.25) is 0 Å². The molecule has 2 aliphatic carbocycles. The zero-order valence-corrected chi connectivity index (χ0v) is 13.1. The smallest absolute Gasteiger partial charge is 0.326 e. The van der Waals surface area contributed by atoms with E-state index in [1.54, 1.807) is 0 Å². The molecule has 23 heavy (non-hydrogen) atoms. The van der Waals surface area contributed by atoms with Crippen LogP contribution in [0.4, 0.5) is 0 Å². The van der Waals surface area contributed by atoms with Gasteiger partial charge >= 0.3 is 11.9 Å². The maximum Gasteiger partial charge on any atom is 0.326 e. The number of allylic oxidation sites excluding steroid dienone is 2. The van der Waals surface area contributed by atoms with E-state index in [1.807, 2.05) is 6.08 Å². The number of ether oxygens (including phenoxy) is 4. The van der Waals surface area contributed by atoms with E-state index >= 15 is 0 Å². The van der Waals surface area contributed by atoms with Gasteiger partial charge in [-0.15, -0.1) is 0 Å². The first kappa shape index (κ1) is 15.1. The normalized spacial score (nSPS) is 41.4. The second kappa shape index (κ2) is 5.91. The summed E-state index contributed by atoms with van der Waals surface area (Å²) in [5.74, 6) is -0.891. The average Bonchev–Trinajstić information content (AvgIpc) is 3.31. The van der Waals surface area contributed by atoms with Crippen molar-refractivity contribution in [3.05, 3.63) is 12.2 Å². The molecule has 4 aliphatic rings. The van der Waals surface area contributed by atoms with Crippen LogP contribution in [0.3, 0.4) is 0 Å². The van der Waals surface area contributed by atoms with Crippen molar-refractivity contribution in [3.63, 3.8) is 0 Å². The van der Waals surface area contributed by atoms with Gasteiger partial charge < -0.3 is 18.9 Å². The van der Waals surface area contributed by atoms with Gasteiger partial charge in [0.1, 0.15) is 0 Å². The van der Waals surface area contributed by atoms with E-state index in [1.165, 1.54) is 0 Å². The third kappa shape index (κ3) is 2.58. The highest BCUT2D eigenvalue weighted by molar-refractivity contribution is 6.01. The minimum Gasteiger partial charge on any atom is -0.435 e. The van der Waals surface area contributed by atoms with Crippen LogP contribution in [0.5, 0.6) is 0 Å². The molecule has 4 unspecified atom stereocenters. The fourth-order valence-corrected chi connectivity index (χ4v) is 4.14. The zero-order chi connectivity index (χ0) is 15.9. The van der Waals surface area contributed by atoms with Gasteiger partial charge in [0.25, 0.3) is 0 Å². The van der Waals surface area contributed by atoms with Crippen LogP contribution in [0.25, 0.3) is 0 Å². The molecule has 0 aromatic carbocycles. The molecule has 0 spiro atoms. The van der Waals surface area contributed by atoms with Gasteiger partial charge in [-0.2, -0.15) is 0 Å². The van der Waals surface area contributed by atoms with Crippen LogP contribution in [0.15, 0.2) is 12.2 Å². The molecule has 126 valence electrons. The number of rotatable bonds is 4. The molecule has 0 aromatic rings. The number of fused-ring (bicyclic) bond motifs is 2. The predicted molar refractivity (Wildman–Crippen MR) is 77.9 cm³/mol. The van der Waals surface area contributed by atoms with Gasteiger partial charge in [-0.3, -0.25) is 9.59 Å². The highest BCUT2D eigenvalue weighted by Crippen LogP contribution is 2.54. The molecule has 2 bridgehead atoms. The molecule has 0 N–H and O–H groups in total. The van der Waals surface area contributed by atoms with E-state index < -0.39 is 29.9 Å². The largest absolute Gasteiger partial charge is 0.435 e. The lowest BCUT2D eigenvalue weighted by atomic mass is 9.75. The molecule has 0 radical (unpaired) electrons. The minimum atomic E-state index is -1.22. The summed E-state index contributed by atoms with van der Waals surface area (Å²) in [6.07, 6.45) is 7.37. The Morgan fingerprint density at radius 3 is 1.96 bits per heavy atom. The summed E-state index contributed by atoms with van der Waals surface area (Å²) in [7, 11) is 0. The summed E-state index contributed by atoms with van der Waals surface area (Å²) in [4.78, 5) is 25.7. The first-order chi connectivity index (χ1) is 11.2. The second-order valence-corrected chi connectivity index (χ2v) is 6.86. The Hall–Kier alpha value is -1.40. The molecule has 2 saturated heterocycles. The Kier molecular flexibility index (Phi) is 3.89. The fraction of sp³-hybridized carbons (Fsp3) is 0.765. The average molecular weight is 322 g/mol. The van der Waals surface area contributed by atoms with E-state index in [4.69, 9.17) is 18.9 Å². The third-order valence-electron chi connectivity index (χ3n) is 5.37. The van der Waals surface area contributed by atoms with Crippen LogP contribution in [-0.2, 0) is 28.5 Å². The van der Waals surface area contributed by atoms with Crippen molar-refractivity contribution >= 4 is 11.9 Å². The van der Waals surface area contributed by atoms with Crippen molar-refractivity contribution in [1.82, 2.24) is 0 Å². The molecule has 4 rings (SSSR count). The van der Waals surface area contributed by atoms with Gasteiger partial charge in [0.2, 0.25) is 12.6 Å². The van der Waals surface area contributed by atoms with E-state index in [2.05, 4.69) is 6.08 Å². The summed E-state index contributed by atoms with van der Waals surface area (Å²) in [6.45, 7) is 1.19. The zero-order valence-electron chi connectivity index (χ0n) is 13.1. The summed E-state index contributed by atoms with van der Waals surface area (Å²) < 4.78 is 21.8. The standard InChI is InChI=1S/C17H22O6/c18-15(22-13-3-1-7-20-13)17(10-11-5-6-12(17)9-11)16(19)23-14-4-2-8-21-14/h5-6,11-14H,1-4,7-10H2. The molecule has 6 nitrogen and oxygen atoms in total. The summed E-state index contributed by atoms with van der Waals surface area (Å²) in [6, 6.07) is 0. The van der Waals surface area contributed by atoms with Crippen molar-refractivity contribution in [2.45, 2.75) is 51.1 Å². The molecular weight excluding hydrogens is 300 g/mol. The number of esters is 2. The highest BCUT2D eigenvalue weighted by Gasteiger charge is 2.61. The quantitative estimate of drug-likeness (QED) is 0.447. The van der Waals surface area contributed by atoms with Crippen molar-refractivity contribution in [2.24, 2.45) is 17.3 Å². The summed E-state index contributed by atoms with van der Waals surface area (Å²) in [5.41, 5.74) is -1.22. The van der Waals surface area contributed by atoms with Gasteiger partial charge in [0.15, 0.2) is 5.41 Å². The Morgan fingerprint density at radius 2 is 1.57 bits per heavy atom. The Balaban J connectivity index is 1.53. The SMILES string of the molecule is O=C(OC1CCCO1)C1(C(=O)OC2CCCO2)CC2C=CC1C2. The van der Waals surface area contributed by atoms with Gasteiger partial charge in [0, 0.05) is 18.8 Å². The molecule has 0 amide bonds. The lowest BCUT2D eigenvalue weighted by molar-refractivity contribution is -0.201. The highest BCUT2D eigenvalue weighted by atomic mass is 16.7. The molecule has 6 heteroatoms. The van der Waals surface area contributed by atoms with Crippen LogP contribution in [0, 0.1) is 17.3 Å². The molecule has 3 fully saturated rings. The summed E-state index contributed by atoms with van der Waals surface area (Å²) >= 11 is 0. The van der Waals surface area contributed by atoms with Crippen LogP contribution < -0.4 is 0 Å². The Labute approximate surface area is 135 Å². The van der Waals surface area contributed by atoms with Gasteiger partial charge in [-0.1, -0.05) is 12.2 Å². The molecule has 2 aliphatic heterocycles. The van der Waals surface area contributed by atoms with Crippen LogP contribution in [0.1, 0.15) is 38.5 Å². The lowest BCUT2D eigenvalue weighted by Gasteiger charge is -2.32. The van der Waals surface area contributed by atoms with E-state index in [9.17, 15) is 9.59 Å². The first-order valence-electron chi connectivity index (χ1n) is 8.52. The van der Waals surface area contributed by atoms with E-state index in [0.29, 0.717) is 32.5 Å². The number of carbonyl (C=O) groups excluding carboxylic acids is 2. The van der Waals surface area contributed by atoms with E-state index in [-0.39, 0.29) is 11.8 Å². The second-order valence-electron chi connectivity index (χ2n) is 6.86. The van der Waals surface area contributed by atoms with Gasteiger partial charge in [-0.05, 0) is 31.6 Å². The molecule has 2 heterocycles. The Morgan fingerprint density at radius 1 is 0.957 bits per heavy atom. The topological polar surface area (TPSA) is 71.1 Å². The van der Waals surface area contributed by atoms with Crippen molar-refractivity contribution < 1.29 is 28.5 Å². The lowest BCUT2D eigenvalue weighted by Crippen LogP contribution is -2.47. The third-order valence-corrected chi connectivity index (χ3v) is 5.37. The molecule has 0 aromatic heterocycles. The van der Waals surface area contributed by atoms with Crippen LogP contribution >= 0.6 is 0 Å². The molecular formula is C17H22O6. The fourth-order valence-electron chi connectivity index (χ4n) is 4.14. The monoisotopic (exact) mass is 322 g/mol. The number of hydrogen-bond acceptors (Lipinski definition) is 6. The van der Waals surface area contributed by atoms with Gasteiger partial charge in [-0.25, -0.2) is 0 Å². The van der Waals surface area contributed by atoms with E-state index in [0.717, 1.165) is 19.3 Å². The first-order valence-corrected chi connectivity index (χ1v) is 8.52. The number of carbonyl (C=O) groups is 2. The maximum absolute atomic E-state index is 12.9. The maximum atomic E-state index is 12.9. The molecule has 4 atom stereocenters. The predicted octanol–water partition coefficient (Wildman–Crippen LogP) is 1.93.